The van der Waals surface area contributed by atoms with Crippen molar-refractivity contribution in [1.82, 2.24) is 0 Å². The maximum Gasteiger partial charge on any atom is 0.135 e. The van der Waals surface area contributed by atoms with Gasteiger partial charge in [0.25, 0.3) is 0 Å². The average molecular weight is 284 g/mol. The number of nitrogens with two attached hydrogens (primary N) is 1. The molecule has 0 aromatic heterocycles. The van der Waals surface area contributed by atoms with Gasteiger partial charge in [-0.3, -0.25) is 0 Å². The van der Waals surface area contributed by atoms with Crippen LogP contribution in [0.1, 0.15) is 31.1 Å². The summed E-state index contributed by atoms with van der Waals surface area (Å²) in [5, 5.41) is 10.5. The van der Waals surface area contributed by atoms with Crippen molar-refractivity contribution in [2.45, 2.75) is 20.0 Å². The van der Waals surface area contributed by atoms with Crippen molar-refractivity contribution in [3.8, 4) is 11.5 Å². The minimum absolute atomic E-state index is 0.629. The van der Waals surface area contributed by atoms with E-state index in [2.05, 4.69) is 18.7 Å². The van der Waals surface area contributed by atoms with E-state index in [9.17, 15) is 5.11 Å². The van der Waals surface area contributed by atoms with E-state index in [0.29, 0.717) is 17.2 Å². The van der Waals surface area contributed by atoms with Gasteiger partial charge in [0.05, 0.1) is 0 Å². The topological polar surface area (TPSA) is 58.7 Å². The van der Waals surface area contributed by atoms with E-state index in [-0.39, 0.29) is 0 Å². The van der Waals surface area contributed by atoms with Crippen molar-refractivity contribution in [3.05, 3.63) is 47.5 Å². The summed E-state index contributed by atoms with van der Waals surface area (Å²) in [6.07, 6.45) is -0.671. The molecule has 3 N–H and O–H groups in total. The van der Waals surface area contributed by atoms with Crippen LogP contribution in [0.4, 0.5) is 11.4 Å². The highest BCUT2D eigenvalue weighted by molar-refractivity contribution is 5.61. The number of aliphatic hydroxyl groups is 1. The Bertz CT molecular complexity index is 666. The molecule has 0 bridgehead atoms. The molecule has 0 fully saturated rings. The average Bonchev–Trinajstić information content (AvgIpc) is 2.48. The van der Waals surface area contributed by atoms with Gasteiger partial charge in [0.2, 0.25) is 0 Å². The Labute approximate surface area is 124 Å². The quantitative estimate of drug-likeness (QED) is 0.849. The Balaban J connectivity index is 2.03. The zero-order valence-corrected chi connectivity index (χ0v) is 12.3. The van der Waals surface area contributed by atoms with Crippen molar-refractivity contribution < 1.29 is 9.84 Å². The molecular formula is C17H20N2O2. The number of benzene rings is 2. The Kier molecular flexibility index (Phi) is 3.47. The maximum atomic E-state index is 10.5. The predicted molar refractivity (Wildman–Crippen MR) is 85.0 cm³/mol. The molecule has 4 heteroatoms. The van der Waals surface area contributed by atoms with Crippen molar-refractivity contribution in [1.29, 1.82) is 0 Å². The fraction of sp³-hybridized carbons (Fsp3) is 0.294. The Morgan fingerprint density at radius 3 is 2.33 bits per heavy atom. The summed E-state index contributed by atoms with van der Waals surface area (Å²) in [6.45, 7) is 6.10. The molecule has 0 amide bonds. The molecule has 2 aromatic rings. The lowest BCUT2D eigenvalue weighted by Gasteiger charge is -2.28. The highest BCUT2D eigenvalue weighted by Crippen LogP contribution is 2.44. The molecule has 1 atom stereocenters. The highest BCUT2D eigenvalue weighted by Gasteiger charge is 2.26. The van der Waals surface area contributed by atoms with E-state index >= 15 is 0 Å². The van der Waals surface area contributed by atoms with Crippen LogP contribution in [0.5, 0.6) is 11.5 Å². The first kappa shape index (κ1) is 13.8. The zero-order valence-electron chi connectivity index (χ0n) is 12.3. The van der Waals surface area contributed by atoms with E-state index in [1.165, 1.54) is 0 Å². The molecule has 1 heterocycles. The fourth-order valence-electron chi connectivity index (χ4n) is 2.77. The molecule has 1 unspecified atom stereocenters. The Morgan fingerprint density at radius 2 is 1.67 bits per heavy atom. The van der Waals surface area contributed by atoms with Crippen LogP contribution in [-0.4, -0.2) is 18.2 Å². The number of hydrogen-bond donors (Lipinski definition) is 2. The van der Waals surface area contributed by atoms with Gasteiger partial charge in [0.15, 0.2) is 0 Å². The smallest absolute Gasteiger partial charge is 0.135 e. The summed E-state index contributed by atoms with van der Waals surface area (Å²) in [5.41, 5.74) is 9.07. The normalized spacial score (nSPS) is 15.9. The first-order valence-corrected chi connectivity index (χ1v) is 7.28. The van der Waals surface area contributed by atoms with Crippen molar-refractivity contribution in [2.75, 3.05) is 23.7 Å². The lowest BCUT2D eigenvalue weighted by molar-refractivity contribution is 0.203. The minimum Gasteiger partial charge on any atom is -0.456 e. The molecule has 0 saturated heterocycles. The van der Waals surface area contributed by atoms with Crippen LogP contribution in [0.2, 0.25) is 0 Å². The van der Waals surface area contributed by atoms with Gasteiger partial charge in [0.1, 0.15) is 17.6 Å². The summed E-state index contributed by atoms with van der Waals surface area (Å²) in [6, 6.07) is 11.3. The first-order chi connectivity index (χ1) is 10.1. The lowest BCUT2D eigenvalue weighted by atomic mass is 9.96. The van der Waals surface area contributed by atoms with Crippen LogP contribution in [0.25, 0.3) is 0 Å². The summed E-state index contributed by atoms with van der Waals surface area (Å²) < 4.78 is 5.94. The van der Waals surface area contributed by atoms with Crippen LogP contribution >= 0.6 is 0 Å². The first-order valence-electron chi connectivity index (χ1n) is 7.28. The molecule has 0 saturated carbocycles. The number of anilines is 2. The largest absolute Gasteiger partial charge is 0.456 e. The summed E-state index contributed by atoms with van der Waals surface area (Å²) in [4.78, 5) is 2.24. The van der Waals surface area contributed by atoms with Crippen LogP contribution < -0.4 is 15.4 Å². The maximum absolute atomic E-state index is 10.5. The molecule has 0 spiro atoms. The summed E-state index contributed by atoms with van der Waals surface area (Å²) >= 11 is 0. The van der Waals surface area contributed by atoms with Gasteiger partial charge in [-0.2, -0.15) is 0 Å². The number of nitrogen functional groups attached to an aromatic ring is 1. The molecule has 1 aliphatic heterocycles. The van der Waals surface area contributed by atoms with Crippen LogP contribution in [0, 0.1) is 0 Å². The molecule has 3 rings (SSSR count). The van der Waals surface area contributed by atoms with Crippen molar-refractivity contribution >= 4 is 11.4 Å². The zero-order chi connectivity index (χ0) is 15.0. The minimum atomic E-state index is -0.671. The third-order valence-electron chi connectivity index (χ3n) is 3.97. The number of fused-ring (bicyclic) bond motifs is 2. The highest BCUT2D eigenvalue weighted by atomic mass is 16.5. The molecule has 110 valence electrons. The van der Waals surface area contributed by atoms with E-state index in [1.807, 2.05) is 24.3 Å². The van der Waals surface area contributed by atoms with Gasteiger partial charge in [-0.05, 0) is 26.0 Å². The third-order valence-corrected chi connectivity index (χ3v) is 3.97. The van der Waals surface area contributed by atoms with E-state index < -0.39 is 6.10 Å². The molecule has 1 aliphatic rings. The van der Waals surface area contributed by atoms with Gasteiger partial charge >= 0.3 is 0 Å². The van der Waals surface area contributed by atoms with Crippen molar-refractivity contribution in [3.63, 3.8) is 0 Å². The third kappa shape index (κ3) is 2.32. The number of hydrogen-bond acceptors (Lipinski definition) is 4. The molecule has 2 aromatic carbocycles. The number of aliphatic hydroxyl groups excluding tert-OH is 1. The van der Waals surface area contributed by atoms with Gasteiger partial charge in [-0.25, -0.2) is 0 Å². The lowest BCUT2D eigenvalue weighted by Crippen LogP contribution is -2.22. The second-order valence-corrected chi connectivity index (χ2v) is 5.20. The van der Waals surface area contributed by atoms with Crippen LogP contribution in [0.3, 0.4) is 0 Å². The summed E-state index contributed by atoms with van der Waals surface area (Å²) in [5.74, 6) is 1.33. The van der Waals surface area contributed by atoms with E-state index in [0.717, 1.165) is 29.9 Å². The monoisotopic (exact) mass is 284 g/mol. The molecular weight excluding hydrogens is 264 g/mol. The second kappa shape index (κ2) is 5.30. The predicted octanol–water partition coefficient (Wildman–Crippen LogP) is 3.30. The SMILES string of the molecule is CCN(CC)c1ccc2c(c1)Oc1cc(N)ccc1C2O. The van der Waals surface area contributed by atoms with E-state index in [4.69, 9.17) is 10.5 Å². The molecule has 4 nitrogen and oxygen atoms in total. The number of rotatable bonds is 3. The van der Waals surface area contributed by atoms with Gasteiger partial charge in [-0.1, -0.05) is 12.1 Å². The fourth-order valence-corrected chi connectivity index (χ4v) is 2.77. The second-order valence-electron chi connectivity index (χ2n) is 5.20. The van der Waals surface area contributed by atoms with Gasteiger partial charge in [0, 0.05) is 47.7 Å². The Morgan fingerprint density at radius 1 is 1.05 bits per heavy atom. The summed E-state index contributed by atoms with van der Waals surface area (Å²) in [7, 11) is 0. The van der Waals surface area contributed by atoms with Gasteiger partial charge < -0.3 is 20.5 Å². The standard InChI is InChI=1S/C17H20N2O2/c1-3-19(4-2)12-6-8-14-16(10-12)21-15-9-11(18)5-7-13(15)17(14)20/h5-10,17,20H,3-4,18H2,1-2H3. The van der Waals surface area contributed by atoms with Crippen LogP contribution in [0.15, 0.2) is 36.4 Å². The van der Waals surface area contributed by atoms with Crippen LogP contribution in [-0.2, 0) is 0 Å². The molecule has 0 radical (unpaired) electrons. The Hall–Kier alpha value is -2.20. The van der Waals surface area contributed by atoms with E-state index in [1.54, 1.807) is 12.1 Å². The van der Waals surface area contributed by atoms with Gasteiger partial charge in [-0.15, -0.1) is 0 Å². The number of ether oxygens (including phenoxy) is 1. The molecule has 21 heavy (non-hydrogen) atoms. The van der Waals surface area contributed by atoms with Crippen molar-refractivity contribution in [2.24, 2.45) is 0 Å². The number of nitrogens with zero attached hydrogens (tertiary/aromatic N) is 1. The molecule has 0 aliphatic carbocycles.